The van der Waals surface area contributed by atoms with E-state index in [0.717, 1.165) is 24.2 Å². The van der Waals surface area contributed by atoms with Crippen LogP contribution in [-0.2, 0) is 6.42 Å². The van der Waals surface area contributed by atoms with E-state index in [0.29, 0.717) is 10.8 Å². The van der Waals surface area contributed by atoms with Gasteiger partial charge in [-0.1, -0.05) is 29.8 Å². The molecular weight excluding hydrogens is 348 g/mol. The van der Waals surface area contributed by atoms with Gasteiger partial charge in [-0.2, -0.15) is 0 Å². The number of hydrogen-bond donors (Lipinski definition) is 0. The van der Waals surface area contributed by atoms with E-state index >= 15 is 0 Å². The molecule has 0 fully saturated rings. The second-order valence-corrected chi connectivity index (χ2v) is 7.00. The Hall–Kier alpha value is -2.66. The topological polar surface area (TPSA) is 51.0 Å². The number of halogens is 1. The Labute approximate surface area is 157 Å². The standard InChI is InChI=1S/C20H19ClN4O/c1-13-7-8-15-5-3-4-6-18(15)24(13)20(26)19-22-14(2)25(23-19)17-11-9-16(21)10-12-17/h3-6,9-13H,7-8H2,1-2H3/t13-/m1/s1. The number of anilines is 1. The summed E-state index contributed by atoms with van der Waals surface area (Å²) in [6.45, 7) is 3.91. The summed E-state index contributed by atoms with van der Waals surface area (Å²) >= 11 is 5.95. The molecule has 0 spiro atoms. The van der Waals surface area contributed by atoms with Crippen LogP contribution < -0.4 is 4.90 Å². The first-order valence-electron chi connectivity index (χ1n) is 8.65. The van der Waals surface area contributed by atoms with Gasteiger partial charge in [-0.05, 0) is 62.6 Å². The van der Waals surface area contributed by atoms with Crippen LogP contribution in [0, 0.1) is 6.92 Å². The fraction of sp³-hybridized carbons (Fsp3) is 0.250. The molecule has 0 N–H and O–H groups in total. The number of hydrogen-bond acceptors (Lipinski definition) is 3. The molecule has 6 heteroatoms. The zero-order chi connectivity index (χ0) is 18.3. The van der Waals surface area contributed by atoms with Crippen molar-refractivity contribution in [1.82, 2.24) is 14.8 Å². The van der Waals surface area contributed by atoms with Crippen LogP contribution in [0.5, 0.6) is 0 Å². The number of rotatable bonds is 2. The van der Waals surface area contributed by atoms with Crippen LogP contribution in [0.3, 0.4) is 0 Å². The third-order valence-electron chi connectivity index (χ3n) is 4.77. The minimum absolute atomic E-state index is 0.111. The van der Waals surface area contributed by atoms with Gasteiger partial charge in [-0.25, -0.2) is 9.67 Å². The SMILES string of the molecule is Cc1nc(C(=O)N2c3ccccc3CC[C@H]2C)nn1-c1ccc(Cl)cc1. The molecule has 0 unspecified atom stereocenters. The van der Waals surface area contributed by atoms with E-state index in [1.54, 1.807) is 16.8 Å². The largest absolute Gasteiger partial charge is 0.303 e. The van der Waals surface area contributed by atoms with Gasteiger partial charge in [0.05, 0.1) is 5.69 Å². The lowest BCUT2D eigenvalue weighted by molar-refractivity contribution is 0.0965. The monoisotopic (exact) mass is 366 g/mol. The molecule has 1 aliphatic rings. The van der Waals surface area contributed by atoms with E-state index in [2.05, 4.69) is 23.1 Å². The van der Waals surface area contributed by atoms with E-state index < -0.39 is 0 Å². The number of fused-ring (bicyclic) bond motifs is 1. The van der Waals surface area contributed by atoms with Crippen molar-refractivity contribution in [3.05, 3.63) is 70.8 Å². The Morgan fingerprint density at radius 2 is 1.88 bits per heavy atom. The molecule has 26 heavy (non-hydrogen) atoms. The third-order valence-corrected chi connectivity index (χ3v) is 5.03. The van der Waals surface area contributed by atoms with Crippen LogP contribution in [-0.4, -0.2) is 26.7 Å². The van der Waals surface area contributed by atoms with E-state index in [9.17, 15) is 4.79 Å². The highest BCUT2D eigenvalue weighted by Crippen LogP contribution is 2.31. The summed E-state index contributed by atoms with van der Waals surface area (Å²) in [5, 5.41) is 5.12. The first-order chi connectivity index (χ1) is 12.5. The van der Waals surface area contributed by atoms with E-state index in [-0.39, 0.29) is 17.8 Å². The Morgan fingerprint density at radius 3 is 2.65 bits per heavy atom. The van der Waals surface area contributed by atoms with Crippen LogP contribution in [0.2, 0.25) is 5.02 Å². The molecule has 3 aromatic rings. The smallest absolute Gasteiger partial charge is 0.298 e. The van der Waals surface area contributed by atoms with Crippen molar-refractivity contribution >= 4 is 23.2 Å². The zero-order valence-corrected chi connectivity index (χ0v) is 15.4. The van der Waals surface area contributed by atoms with Crippen molar-refractivity contribution in [1.29, 1.82) is 0 Å². The first-order valence-corrected chi connectivity index (χ1v) is 9.03. The van der Waals surface area contributed by atoms with Crippen molar-refractivity contribution < 1.29 is 4.79 Å². The molecule has 0 aliphatic carbocycles. The fourth-order valence-electron chi connectivity index (χ4n) is 3.41. The van der Waals surface area contributed by atoms with Crippen molar-refractivity contribution in [2.75, 3.05) is 4.90 Å². The lowest BCUT2D eigenvalue weighted by atomic mass is 9.96. The normalized spacial score (nSPS) is 16.4. The van der Waals surface area contributed by atoms with Crippen molar-refractivity contribution in [3.8, 4) is 5.69 Å². The van der Waals surface area contributed by atoms with Gasteiger partial charge in [0.25, 0.3) is 5.91 Å². The van der Waals surface area contributed by atoms with Gasteiger partial charge >= 0.3 is 0 Å². The molecule has 1 atom stereocenters. The lowest BCUT2D eigenvalue weighted by Gasteiger charge is -2.34. The van der Waals surface area contributed by atoms with Gasteiger partial charge in [0, 0.05) is 16.8 Å². The van der Waals surface area contributed by atoms with Crippen LogP contribution in [0.15, 0.2) is 48.5 Å². The molecule has 0 radical (unpaired) electrons. The second kappa shape index (κ2) is 6.57. The molecule has 1 aliphatic heterocycles. The molecule has 2 heterocycles. The number of aryl methyl sites for hydroxylation is 2. The predicted octanol–water partition coefficient (Wildman–Crippen LogP) is 4.21. The van der Waals surface area contributed by atoms with Crippen LogP contribution in [0.4, 0.5) is 5.69 Å². The van der Waals surface area contributed by atoms with Gasteiger partial charge in [-0.15, -0.1) is 5.10 Å². The summed E-state index contributed by atoms with van der Waals surface area (Å²) < 4.78 is 1.67. The molecule has 5 nitrogen and oxygen atoms in total. The van der Waals surface area contributed by atoms with Crippen LogP contribution in [0.1, 0.15) is 35.4 Å². The molecule has 0 saturated carbocycles. The average Bonchev–Trinajstić information content (AvgIpc) is 3.03. The van der Waals surface area contributed by atoms with Crippen LogP contribution in [0.25, 0.3) is 5.69 Å². The highest BCUT2D eigenvalue weighted by atomic mass is 35.5. The summed E-state index contributed by atoms with van der Waals surface area (Å²) in [6.07, 6.45) is 1.91. The van der Waals surface area contributed by atoms with E-state index in [4.69, 9.17) is 11.6 Å². The van der Waals surface area contributed by atoms with Gasteiger partial charge in [-0.3, -0.25) is 4.79 Å². The predicted molar refractivity (Wildman–Crippen MR) is 102 cm³/mol. The summed E-state index contributed by atoms with van der Waals surface area (Å²) in [5.41, 5.74) is 2.97. The van der Waals surface area contributed by atoms with Crippen molar-refractivity contribution in [2.45, 2.75) is 32.7 Å². The maximum absolute atomic E-state index is 13.2. The quantitative estimate of drug-likeness (QED) is 0.682. The first kappa shape index (κ1) is 16.8. The van der Waals surface area contributed by atoms with E-state index in [1.807, 2.05) is 42.2 Å². The van der Waals surface area contributed by atoms with Crippen molar-refractivity contribution in [3.63, 3.8) is 0 Å². The van der Waals surface area contributed by atoms with Gasteiger partial charge < -0.3 is 4.90 Å². The second-order valence-electron chi connectivity index (χ2n) is 6.56. The molecule has 1 amide bonds. The maximum atomic E-state index is 13.2. The Balaban J connectivity index is 1.71. The average molecular weight is 367 g/mol. The molecular formula is C20H19ClN4O. The highest BCUT2D eigenvalue weighted by molar-refractivity contribution is 6.30. The minimum atomic E-state index is -0.166. The third kappa shape index (κ3) is 2.88. The Bertz CT molecular complexity index is 964. The Kier molecular flexibility index (Phi) is 4.24. The fourth-order valence-corrected chi connectivity index (χ4v) is 3.54. The number of carbonyl (C=O) groups excluding carboxylic acids is 1. The summed E-state index contributed by atoms with van der Waals surface area (Å²) in [4.78, 5) is 19.4. The summed E-state index contributed by atoms with van der Waals surface area (Å²) in [6, 6.07) is 15.5. The number of para-hydroxylation sites is 1. The molecule has 0 saturated heterocycles. The van der Waals surface area contributed by atoms with E-state index in [1.165, 1.54) is 5.56 Å². The number of benzene rings is 2. The van der Waals surface area contributed by atoms with Crippen LogP contribution >= 0.6 is 11.6 Å². The molecule has 4 rings (SSSR count). The number of amides is 1. The number of nitrogens with zero attached hydrogens (tertiary/aromatic N) is 4. The molecule has 1 aromatic heterocycles. The highest BCUT2D eigenvalue weighted by Gasteiger charge is 2.31. The summed E-state index contributed by atoms with van der Waals surface area (Å²) in [7, 11) is 0. The zero-order valence-electron chi connectivity index (χ0n) is 14.7. The lowest BCUT2D eigenvalue weighted by Crippen LogP contribution is -2.42. The van der Waals surface area contributed by atoms with Gasteiger partial charge in [0.15, 0.2) is 0 Å². The molecule has 0 bridgehead atoms. The maximum Gasteiger partial charge on any atom is 0.298 e. The number of aromatic nitrogens is 3. The van der Waals surface area contributed by atoms with Crippen molar-refractivity contribution in [2.24, 2.45) is 0 Å². The van der Waals surface area contributed by atoms with Gasteiger partial charge in [0.1, 0.15) is 5.82 Å². The molecule has 132 valence electrons. The molecule has 2 aromatic carbocycles. The summed E-state index contributed by atoms with van der Waals surface area (Å²) in [5.74, 6) is 0.704. The van der Waals surface area contributed by atoms with Gasteiger partial charge in [0.2, 0.25) is 5.82 Å². The Morgan fingerprint density at radius 1 is 1.15 bits per heavy atom. The number of carbonyl (C=O) groups is 1. The minimum Gasteiger partial charge on any atom is -0.303 e.